The molecule has 7 N–H and O–H groups in total. The van der Waals surface area contributed by atoms with Crippen molar-refractivity contribution >= 4 is 17.7 Å². The number of hydrogen-bond acceptors (Lipinski definition) is 9. The SMILES string of the molecule is COC1CNCC(C2CCNC(NC3CC(C(=O)NC4NNC(C5CC5)S4)CCC3C)N2)C1. The molecule has 0 aromatic rings. The summed E-state index contributed by atoms with van der Waals surface area (Å²) in [5.41, 5.74) is 6.58. The first-order chi connectivity index (χ1) is 16.1. The Balaban J connectivity index is 1.10. The molecule has 5 rings (SSSR count). The third-order valence-electron chi connectivity index (χ3n) is 8.34. The number of rotatable bonds is 7. The number of thioether (sulfide) groups is 1. The summed E-state index contributed by atoms with van der Waals surface area (Å²) in [5.74, 6) is 2.18. The Morgan fingerprint density at radius 1 is 1.03 bits per heavy atom. The first kappa shape index (κ1) is 24.2. The highest BCUT2D eigenvalue weighted by molar-refractivity contribution is 8.00. The van der Waals surface area contributed by atoms with Crippen LogP contribution >= 0.6 is 11.8 Å². The van der Waals surface area contributed by atoms with E-state index in [1.807, 2.05) is 18.9 Å². The third kappa shape index (κ3) is 6.22. The average Bonchev–Trinajstić information content (AvgIpc) is 3.59. The molecule has 0 aromatic carbocycles. The van der Waals surface area contributed by atoms with Crippen molar-refractivity contribution in [2.24, 2.45) is 23.7 Å². The molecule has 188 valence electrons. The van der Waals surface area contributed by atoms with Gasteiger partial charge >= 0.3 is 0 Å². The zero-order valence-corrected chi connectivity index (χ0v) is 20.9. The van der Waals surface area contributed by atoms with Gasteiger partial charge in [0.2, 0.25) is 5.91 Å². The number of methoxy groups -OCH3 is 1. The fourth-order valence-corrected chi connectivity index (χ4v) is 7.21. The largest absolute Gasteiger partial charge is 0.380 e. The lowest BCUT2D eigenvalue weighted by molar-refractivity contribution is -0.127. The minimum atomic E-state index is -0.0173. The van der Waals surface area contributed by atoms with Crippen LogP contribution in [0.2, 0.25) is 0 Å². The van der Waals surface area contributed by atoms with E-state index in [0.29, 0.717) is 35.4 Å². The summed E-state index contributed by atoms with van der Waals surface area (Å²) in [7, 11) is 1.81. The zero-order valence-electron chi connectivity index (χ0n) is 20.1. The van der Waals surface area contributed by atoms with E-state index < -0.39 is 0 Å². The predicted octanol–water partition coefficient (Wildman–Crippen LogP) is 0.217. The van der Waals surface area contributed by atoms with E-state index in [2.05, 4.69) is 44.4 Å². The Morgan fingerprint density at radius 3 is 2.73 bits per heavy atom. The molecular weight excluding hydrogens is 438 g/mol. The second-order valence-electron chi connectivity index (χ2n) is 10.8. The molecular formula is C23H43N7O2S. The van der Waals surface area contributed by atoms with Crippen molar-refractivity contribution in [2.45, 2.75) is 87.2 Å². The van der Waals surface area contributed by atoms with Gasteiger partial charge in [-0.2, -0.15) is 0 Å². The zero-order chi connectivity index (χ0) is 22.8. The van der Waals surface area contributed by atoms with Gasteiger partial charge in [-0.25, -0.2) is 10.9 Å². The molecule has 33 heavy (non-hydrogen) atoms. The summed E-state index contributed by atoms with van der Waals surface area (Å²) in [6.07, 6.45) is 8.21. The predicted molar refractivity (Wildman–Crippen MR) is 131 cm³/mol. The second kappa shape index (κ2) is 11.1. The van der Waals surface area contributed by atoms with E-state index in [0.717, 1.165) is 57.7 Å². The van der Waals surface area contributed by atoms with Gasteiger partial charge in [-0.05, 0) is 75.8 Å². The van der Waals surface area contributed by atoms with Crippen LogP contribution in [0.4, 0.5) is 0 Å². The molecule has 0 bridgehead atoms. The molecule has 0 spiro atoms. The fourth-order valence-electron chi connectivity index (χ4n) is 5.96. The van der Waals surface area contributed by atoms with Gasteiger partial charge in [0.15, 0.2) is 0 Å². The van der Waals surface area contributed by atoms with Crippen LogP contribution in [0.25, 0.3) is 0 Å². The maximum absolute atomic E-state index is 13.0. The number of amides is 1. The second-order valence-corrected chi connectivity index (χ2v) is 12.0. The van der Waals surface area contributed by atoms with Crippen molar-refractivity contribution in [3.63, 3.8) is 0 Å². The fraction of sp³-hybridized carbons (Fsp3) is 0.957. The number of hydrogen-bond donors (Lipinski definition) is 7. The van der Waals surface area contributed by atoms with Crippen LogP contribution in [0.5, 0.6) is 0 Å². The lowest BCUT2D eigenvalue weighted by atomic mass is 9.78. The van der Waals surface area contributed by atoms with Crippen molar-refractivity contribution in [3.8, 4) is 0 Å². The molecule has 3 aliphatic heterocycles. The van der Waals surface area contributed by atoms with Crippen LogP contribution in [-0.2, 0) is 9.53 Å². The maximum Gasteiger partial charge on any atom is 0.225 e. The van der Waals surface area contributed by atoms with Gasteiger partial charge in [-0.1, -0.05) is 18.7 Å². The number of hydrazine groups is 1. The maximum atomic E-state index is 13.0. The smallest absolute Gasteiger partial charge is 0.225 e. The van der Waals surface area contributed by atoms with Crippen LogP contribution < -0.4 is 37.4 Å². The molecule has 9 atom stereocenters. The molecule has 3 saturated heterocycles. The normalized spacial score (nSPS) is 44.5. The number of carbonyl (C=O) groups is 1. The molecule has 9 nitrogen and oxygen atoms in total. The molecule has 5 aliphatic rings. The topological polar surface area (TPSA) is 111 Å². The molecule has 3 heterocycles. The van der Waals surface area contributed by atoms with E-state index in [1.165, 1.54) is 12.8 Å². The lowest BCUT2D eigenvalue weighted by Gasteiger charge is -2.43. The van der Waals surface area contributed by atoms with E-state index in [1.54, 1.807) is 0 Å². The standard InChI is InChI=1S/C23H43N7O2S/c1-13-3-4-15(20(31)28-23-30-29-21(33-23)14-5-6-14)10-19(13)27-22-25-8-7-18(26-22)16-9-17(32-2)12-24-11-16/h13-19,21-27,29-30H,3-12H2,1-2H3,(H,28,31). The lowest BCUT2D eigenvalue weighted by Crippen LogP contribution is -2.66. The first-order valence-electron chi connectivity index (χ1n) is 13.0. The molecule has 0 radical (unpaired) electrons. The quantitative estimate of drug-likeness (QED) is 0.275. The van der Waals surface area contributed by atoms with Crippen molar-refractivity contribution < 1.29 is 9.53 Å². The minimum absolute atomic E-state index is 0.0173. The Bertz CT molecular complexity index is 669. The summed E-state index contributed by atoms with van der Waals surface area (Å²) >= 11 is 1.81. The Morgan fingerprint density at radius 2 is 1.91 bits per heavy atom. The summed E-state index contributed by atoms with van der Waals surface area (Å²) in [6, 6.07) is 0.806. The van der Waals surface area contributed by atoms with Crippen molar-refractivity contribution in [3.05, 3.63) is 0 Å². The van der Waals surface area contributed by atoms with Crippen LogP contribution in [0.15, 0.2) is 0 Å². The number of ether oxygens (including phenoxy) is 1. The molecule has 2 saturated carbocycles. The highest BCUT2D eigenvalue weighted by Crippen LogP contribution is 2.40. The molecule has 1 amide bonds. The van der Waals surface area contributed by atoms with E-state index in [-0.39, 0.29) is 23.6 Å². The highest BCUT2D eigenvalue weighted by Gasteiger charge is 2.40. The van der Waals surface area contributed by atoms with Crippen LogP contribution in [-0.4, -0.2) is 68.0 Å². The summed E-state index contributed by atoms with van der Waals surface area (Å²) < 4.78 is 5.61. The highest BCUT2D eigenvalue weighted by atomic mass is 32.2. The Hall–Kier alpha value is -0.460. The van der Waals surface area contributed by atoms with Crippen LogP contribution in [0, 0.1) is 23.7 Å². The third-order valence-corrected chi connectivity index (χ3v) is 9.65. The van der Waals surface area contributed by atoms with Crippen molar-refractivity contribution in [1.82, 2.24) is 37.4 Å². The van der Waals surface area contributed by atoms with Gasteiger partial charge in [0.1, 0.15) is 11.8 Å². The van der Waals surface area contributed by atoms with Crippen LogP contribution in [0.3, 0.4) is 0 Å². The molecule has 0 aromatic heterocycles. The van der Waals surface area contributed by atoms with Crippen molar-refractivity contribution in [1.29, 1.82) is 0 Å². The van der Waals surface area contributed by atoms with Gasteiger partial charge in [0.05, 0.1) is 11.5 Å². The van der Waals surface area contributed by atoms with Gasteiger partial charge in [0, 0.05) is 31.7 Å². The molecule has 5 fully saturated rings. The molecule has 2 aliphatic carbocycles. The number of nitrogens with one attached hydrogen (secondary N) is 7. The summed E-state index contributed by atoms with van der Waals surface area (Å²) in [5, 5.41) is 18.5. The number of carbonyl (C=O) groups excluding carboxylic acids is 1. The summed E-state index contributed by atoms with van der Waals surface area (Å²) in [6.45, 7) is 5.33. The number of piperidine rings is 1. The first-order valence-corrected chi connectivity index (χ1v) is 14.0. The van der Waals surface area contributed by atoms with Gasteiger partial charge in [0.25, 0.3) is 0 Å². The minimum Gasteiger partial charge on any atom is -0.380 e. The molecule has 10 heteroatoms. The van der Waals surface area contributed by atoms with E-state index >= 15 is 0 Å². The average molecular weight is 482 g/mol. The molecule has 9 unspecified atom stereocenters. The van der Waals surface area contributed by atoms with Gasteiger partial charge in [-0.15, -0.1) is 0 Å². The van der Waals surface area contributed by atoms with Crippen molar-refractivity contribution in [2.75, 3.05) is 26.7 Å². The Labute approximate surface area is 202 Å². The Kier molecular flexibility index (Phi) is 8.14. The van der Waals surface area contributed by atoms with E-state index in [4.69, 9.17) is 4.74 Å². The van der Waals surface area contributed by atoms with E-state index in [9.17, 15) is 4.79 Å². The summed E-state index contributed by atoms with van der Waals surface area (Å²) in [4.78, 5) is 13.0. The van der Waals surface area contributed by atoms with Gasteiger partial charge in [-0.3, -0.25) is 20.7 Å². The van der Waals surface area contributed by atoms with Gasteiger partial charge < -0.3 is 15.4 Å². The monoisotopic (exact) mass is 481 g/mol. The van der Waals surface area contributed by atoms with Crippen LogP contribution in [0.1, 0.15) is 51.9 Å².